The number of rotatable bonds is 4. The first-order valence-corrected chi connectivity index (χ1v) is 11.4. The van der Waals surface area contributed by atoms with Crippen molar-refractivity contribution in [2.75, 3.05) is 0 Å². The zero-order chi connectivity index (χ0) is 20.9. The Hall–Kier alpha value is -1.89. The lowest BCUT2D eigenvalue weighted by molar-refractivity contribution is -0.114. The first kappa shape index (κ1) is 20.4. The van der Waals surface area contributed by atoms with E-state index in [1.807, 2.05) is 16.8 Å². The fourth-order valence-electron chi connectivity index (χ4n) is 4.90. The quantitative estimate of drug-likeness (QED) is 0.713. The Kier molecular flexibility index (Phi) is 5.21. The first-order chi connectivity index (χ1) is 13.7. The van der Waals surface area contributed by atoms with Gasteiger partial charge in [0.05, 0.1) is 39.9 Å². The molecule has 0 bridgehead atoms. The number of carbonyl (C=O) groups is 1. The van der Waals surface area contributed by atoms with Crippen LogP contribution in [0, 0.1) is 17.3 Å². The summed E-state index contributed by atoms with van der Waals surface area (Å²) < 4.78 is 0. The number of thioether (sulfide) groups is 1. The SMILES string of the molecule is CC1=NC(C)C(C2=CN3N=CC(C(N)=O)=C(N=CC4CCC(C)C4(C)C)C3C2)S1. The molecular formula is C22H31N5OS. The second-order valence-corrected chi connectivity index (χ2v) is 10.7. The monoisotopic (exact) mass is 413 g/mol. The molecule has 1 amide bonds. The lowest BCUT2D eigenvalue weighted by Crippen LogP contribution is -2.33. The van der Waals surface area contributed by atoms with Crippen molar-refractivity contribution < 1.29 is 4.79 Å². The second kappa shape index (κ2) is 7.42. The molecule has 5 atom stereocenters. The fourth-order valence-corrected chi connectivity index (χ4v) is 6.06. The van der Waals surface area contributed by atoms with Crippen molar-refractivity contribution in [1.29, 1.82) is 0 Å². The van der Waals surface area contributed by atoms with Gasteiger partial charge in [-0.25, -0.2) is 0 Å². The molecule has 2 N–H and O–H groups in total. The van der Waals surface area contributed by atoms with Crippen LogP contribution in [0.3, 0.4) is 0 Å². The summed E-state index contributed by atoms with van der Waals surface area (Å²) in [4.78, 5) is 21.7. The number of nitrogens with zero attached hydrogens (tertiary/aromatic N) is 4. The van der Waals surface area contributed by atoms with Gasteiger partial charge >= 0.3 is 0 Å². The van der Waals surface area contributed by atoms with Crippen LogP contribution in [0.2, 0.25) is 0 Å². The van der Waals surface area contributed by atoms with Gasteiger partial charge in [-0.2, -0.15) is 5.10 Å². The van der Waals surface area contributed by atoms with E-state index in [2.05, 4.69) is 57.1 Å². The molecule has 4 rings (SSSR count). The van der Waals surface area contributed by atoms with Crippen LogP contribution in [0.1, 0.15) is 53.9 Å². The Labute approximate surface area is 177 Å². The minimum atomic E-state index is -0.462. The number of hydrazone groups is 1. The van der Waals surface area contributed by atoms with E-state index in [0.29, 0.717) is 22.7 Å². The van der Waals surface area contributed by atoms with Crippen LogP contribution in [0.15, 0.2) is 38.1 Å². The van der Waals surface area contributed by atoms with E-state index in [1.165, 1.54) is 12.0 Å². The molecule has 3 heterocycles. The van der Waals surface area contributed by atoms with Crippen LogP contribution < -0.4 is 5.73 Å². The third-order valence-electron chi connectivity index (χ3n) is 7.24. The van der Waals surface area contributed by atoms with Crippen molar-refractivity contribution in [3.05, 3.63) is 23.0 Å². The molecule has 156 valence electrons. The smallest absolute Gasteiger partial charge is 0.252 e. The predicted molar refractivity (Wildman–Crippen MR) is 121 cm³/mol. The van der Waals surface area contributed by atoms with Gasteiger partial charge in [0.25, 0.3) is 5.91 Å². The van der Waals surface area contributed by atoms with Crippen LogP contribution in [0.4, 0.5) is 0 Å². The lowest BCUT2D eigenvalue weighted by Gasteiger charge is -2.30. The molecule has 0 aromatic rings. The molecule has 0 radical (unpaired) electrons. The van der Waals surface area contributed by atoms with Crippen molar-refractivity contribution in [3.8, 4) is 0 Å². The number of aliphatic imine (C=N–C) groups is 2. The molecular weight excluding hydrogens is 382 g/mol. The Morgan fingerprint density at radius 1 is 1.38 bits per heavy atom. The Balaban J connectivity index is 1.59. The van der Waals surface area contributed by atoms with Crippen molar-refractivity contribution in [2.45, 2.75) is 71.2 Å². The van der Waals surface area contributed by atoms with Gasteiger partial charge in [0.15, 0.2) is 0 Å². The summed E-state index contributed by atoms with van der Waals surface area (Å²) in [6.07, 6.45) is 8.89. The molecule has 1 saturated carbocycles. The highest BCUT2D eigenvalue weighted by atomic mass is 32.2. The van der Waals surface area contributed by atoms with Gasteiger partial charge in [0.1, 0.15) is 0 Å². The van der Waals surface area contributed by atoms with E-state index in [1.54, 1.807) is 6.21 Å². The Morgan fingerprint density at radius 2 is 2.14 bits per heavy atom. The number of amides is 1. The molecule has 3 aliphatic heterocycles. The van der Waals surface area contributed by atoms with Crippen LogP contribution >= 0.6 is 11.8 Å². The van der Waals surface area contributed by atoms with Crippen LogP contribution in [-0.2, 0) is 4.79 Å². The minimum Gasteiger partial charge on any atom is -0.365 e. The average Bonchev–Trinajstić information content (AvgIpc) is 3.29. The molecule has 6 nitrogen and oxygen atoms in total. The maximum absolute atomic E-state index is 12.1. The molecule has 1 aliphatic carbocycles. The maximum atomic E-state index is 12.1. The zero-order valence-electron chi connectivity index (χ0n) is 17.9. The topological polar surface area (TPSA) is 83.4 Å². The Bertz CT molecular complexity index is 868. The molecule has 4 aliphatic rings. The van der Waals surface area contributed by atoms with Crippen LogP contribution in [0.5, 0.6) is 0 Å². The third kappa shape index (κ3) is 3.58. The highest BCUT2D eigenvalue weighted by molar-refractivity contribution is 8.14. The third-order valence-corrected chi connectivity index (χ3v) is 8.64. The molecule has 0 saturated heterocycles. The van der Waals surface area contributed by atoms with E-state index in [4.69, 9.17) is 10.7 Å². The van der Waals surface area contributed by atoms with Gasteiger partial charge < -0.3 is 5.73 Å². The summed E-state index contributed by atoms with van der Waals surface area (Å²) in [7, 11) is 0. The number of nitrogens with two attached hydrogens (primary N) is 1. The van der Waals surface area contributed by atoms with Crippen LogP contribution in [0.25, 0.3) is 0 Å². The number of hydrogen-bond donors (Lipinski definition) is 1. The molecule has 0 aromatic carbocycles. The standard InChI is InChI=1S/C22H31N5OS/c1-12-6-7-16(22(12,4)5)9-24-19-17(21(23)28)10-25-27-11-15(8-18(19)27)20-13(2)26-14(3)29-20/h9-13,16,18,20H,6-8H2,1-5H3,(H2,23,28). The molecule has 7 heteroatoms. The van der Waals surface area contributed by atoms with Crippen molar-refractivity contribution in [2.24, 2.45) is 38.1 Å². The summed E-state index contributed by atoms with van der Waals surface area (Å²) in [6, 6.07) is 0.188. The number of fused-ring (bicyclic) bond motifs is 1. The van der Waals surface area contributed by atoms with E-state index >= 15 is 0 Å². The summed E-state index contributed by atoms with van der Waals surface area (Å²) in [5.74, 6) is 0.606. The maximum Gasteiger partial charge on any atom is 0.252 e. The summed E-state index contributed by atoms with van der Waals surface area (Å²) in [5.41, 5.74) is 8.38. The van der Waals surface area contributed by atoms with E-state index in [0.717, 1.165) is 23.6 Å². The largest absolute Gasteiger partial charge is 0.365 e. The molecule has 0 aromatic heterocycles. The normalized spacial score (nSPS) is 36.0. The second-order valence-electron chi connectivity index (χ2n) is 9.32. The van der Waals surface area contributed by atoms with Gasteiger partial charge in [-0.1, -0.05) is 20.8 Å². The van der Waals surface area contributed by atoms with Gasteiger partial charge in [-0.15, -0.1) is 11.8 Å². The summed E-state index contributed by atoms with van der Waals surface area (Å²) in [5, 5.41) is 7.88. The van der Waals surface area contributed by atoms with Crippen molar-refractivity contribution in [3.63, 3.8) is 0 Å². The number of carbonyl (C=O) groups excluding carboxylic acids is 1. The molecule has 29 heavy (non-hydrogen) atoms. The number of primary amides is 1. The van der Waals surface area contributed by atoms with Gasteiger partial charge in [-0.3, -0.25) is 19.8 Å². The highest BCUT2D eigenvalue weighted by Gasteiger charge is 2.41. The van der Waals surface area contributed by atoms with Gasteiger partial charge in [-0.05, 0) is 55.9 Å². The molecule has 0 spiro atoms. The van der Waals surface area contributed by atoms with Crippen molar-refractivity contribution in [1.82, 2.24) is 5.01 Å². The highest BCUT2D eigenvalue weighted by Crippen LogP contribution is 2.46. The molecule has 5 unspecified atom stereocenters. The molecule has 1 fully saturated rings. The zero-order valence-corrected chi connectivity index (χ0v) is 18.7. The van der Waals surface area contributed by atoms with E-state index in [9.17, 15) is 4.79 Å². The van der Waals surface area contributed by atoms with Gasteiger partial charge in [0, 0.05) is 12.4 Å². The average molecular weight is 414 g/mol. The van der Waals surface area contributed by atoms with E-state index in [-0.39, 0.29) is 17.5 Å². The summed E-state index contributed by atoms with van der Waals surface area (Å²) in [6.45, 7) is 11.2. The van der Waals surface area contributed by atoms with Gasteiger partial charge in [0.2, 0.25) is 0 Å². The van der Waals surface area contributed by atoms with Crippen LogP contribution in [-0.4, -0.2) is 45.7 Å². The Morgan fingerprint density at radius 3 is 2.72 bits per heavy atom. The number of hydrogen-bond acceptors (Lipinski definition) is 6. The van der Waals surface area contributed by atoms with Crippen molar-refractivity contribution >= 4 is 35.1 Å². The van der Waals surface area contributed by atoms with E-state index < -0.39 is 5.91 Å². The first-order valence-electron chi connectivity index (χ1n) is 10.5. The summed E-state index contributed by atoms with van der Waals surface area (Å²) >= 11 is 1.82. The lowest BCUT2D eigenvalue weighted by atomic mass is 9.77. The predicted octanol–water partition coefficient (Wildman–Crippen LogP) is 3.75. The minimum absolute atomic E-state index is 0.0654. The fraction of sp³-hybridized carbons (Fsp3) is 0.636.